The molecule has 1 N–H and O–H groups in total. The fraction of sp³-hybridized carbons (Fsp3) is 0.579. The van der Waals surface area contributed by atoms with Gasteiger partial charge in [-0.1, -0.05) is 36.8 Å². The van der Waals surface area contributed by atoms with Crippen LogP contribution >= 0.6 is 0 Å². The second kappa shape index (κ2) is 9.96. The molecule has 1 fully saturated rings. The number of rotatable bonds is 9. The number of carbonyl (C=O) groups excluding carboxylic acids is 2. The second-order valence-electron chi connectivity index (χ2n) is 6.43. The predicted octanol–water partition coefficient (Wildman–Crippen LogP) is 3.34. The molecule has 0 bridgehead atoms. The Kier molecular flexibility index (Phi) is 7.59. The number of hydrogen-bond acceptors (Lipinski definition) is 3. The van der Waals surface area contributed by atoms with Crippen molar-refractivity contribution in [3.8, 4) is 0 Å². The van der Waals surface area contributed by atoms with Gasteiger partial charge in [0.1, 0.15) is 0 Å². The van der Waals surface area contributed by atoms with E-state index in [0.717, 1.165) is 24.9 Å². The minimum Gasteiger partial charge on any atom is -0.469 e. The minimum absolute atomic E-state index is 0.0104. The fourth-order valence-electron chi connectivity index (χ4n) is 2.81. The molecule has 0 aromatic heterocycles. The van der Waals surface area contributed by atoms with Crippen LogP contribution in [0.1, 0.15) is 44.1 Å². The van der Waals surface area contributed by atoms with Crippen LogP contribution in [-0.2, 0) is 16.1 Å². The standard InChI is InChI=1S/C19H28N2O3/c1-24-18(22)12-5-6-13-20-19(23)21(15-17-10-7-11-17)14-16-8-3-2-4-9-16/h2-4,8-9,17H,5-7,10-15H2,1H3,(H,20,23). The normalized spacial score (nSPS) is 13.9. The zero-order valence-corrected chi connectivity index (χ0v) is 14.5. The molecule has 0 unspecified atom stereocenters. The summed E-state index contributed by atoms with van der Waals surface area (Å²) >= 11 is 0. The van der Waals surface area contributed by atoms with E-state index in [-0.39, 0.29) is 12.0 Å². The average Bonchev–Trinajstić information content (AvgIpc) is 2.57. The molecule has 132 valence electrons. The molecule has 1 aliphatic rings. The summed E-state index contributed by atoms with van der Waals surface area (Å²) < 4.78 is 4.61. The van der Waals surface area contributed by atoms with Crippen LogP contribution in [0.3, 0.4) is 0 Å². The van der Waals surface area contributed by atoms with Crippen molar-refractivity contribution < 1.29 is 14.3 Å². The average molecular weight is 332 g/mol. The molecular formula is C19H28N2O3. The molecule has 1 aromatic carbocycles. The lowest BCUT2D eigenvalue weighted by Crippen LogP contribution is -2.43. The maximum atomic E-state index is 12.5. The summed E-state index contributed by atoms with van der Waals surface area (Å²) in [5.41, 5.74) is 1.15. The van der Waals surface area contributed by atoms with Gasteiger partial charge in [-0.25, -0.2) is 4.79 Å². The summed E-state index contributed by atoms with van der Waals surface area (Å²) in [4.78, 5) is 25.5. The number of nitrogens with zero attached hydrogens (tertiary/aromatic N) is 1. The lowest BCUT2D eigenvalue weighted by molar-refractivity contribution is -0.140. The van der Waals surface area contributed by atoms with Crippen molar-refractivity contribution in [3.63, 3.8) is 0 Å². The zero-order chi connectivity index (χ0) is 17.2. The summed E-state index contributed by atoms with van der Waals surface area (Å²) in [5.74, 6) is 0.441. The number of methoxy groups -OCH3 is 1. The van der Waals surface area contributed by atoms with Crippen molar-refractivity contribution in [1.82, 2.24) is 10.2 Å². The quantitative estimate of drug-likeness (QED) is 0.557. The molecule has 1 aromatic rings. The Bertz CT molecular complexity index is 515. The largest absolute Gasteiger partial charge is 0.469 e. The van der Waals surface area contributed by atoms with Crippen molar-refractivity contribution in [2.75, 3.05) is 20.2 Å². The van der Waals surface area contributed by atoms with Gasteiger partial charge >= 0.3 is 12.0 Å². The Balaban J connectivity index is 1.77. The van der Waals surface area contributed by atoms with Crippen LogP contribution in [-0.4, -0.2) is 37.1 Å². The third-order valence-corrected chi connectivity index (χ3v) is 4.52. The van der Waals surface area contributed by atoms with Crippen LogP contribution in [0.15, 0.2) is 30.3 Å². The first kappa shape index (κ1) is 18.3. The van der Waals surface area contributed by atoms with Crippen LogP contribution in [0.2, 0.25) is 0 Å². The highest BCUT2D eigenvalue weighted by atomic mass is 16.5. The fourth-order valence-corrected chi connectivity index (χ4v) is 2.81. The van der Waals surface area contributed by atoms with E-state index in [9.17, 15) is 9.59 Å². The van der Waals surface area contributed by atoms with Crippen molar-refractivity contribution in [1.29, 1.82) is 0 Å². The Morgan fingerprint density at radius 2 is 1.96 bits per heavy atom. The molecule has 5 heteroatoms. The van der Waals surface area contributed by atoms with E-state index in [0.29, 0.717) is 25.4 Å². The van der Waals surface area contributed by atoms with Gasteiger partial charge in [0, 0.05) is 26.1 Å². The van der Waals surface area contributed by atoms with Crippen molar-refractivity contribution in [2.24, 2.45) is 5.92 Å². The number of esters is 1. The number of unbranched alkanes of at least 4 members (excludes halogenated alkanes) is 1. The molecule has 2 amide bonds. The number of urea groups is 1. The van der Waals surface area contributed by atoms with Gasteiger partial charge in [0.15, 0.2) is 0 Å². The summed E-state index contributed by atoms with van der Waals surface area (Å²) in [6.45, 7) is 2.06. The summed E-state index contributed by atoms with van der Waals surface area (Å²) in [6, 6.07) is 10.1. The smallest absolute Gasteiger partial charge is 0.317 e. The first-order chi connectivity index (χ1) is 11.7. The number of benzene rings is 1. The molecule has 0 atom stereocenters. The number of hydrogen-bond donors (Lipinski definition) is 1. The SMILES string of the molecule is COC(=O)CCCCNC(=O)N(Cc1ccccc1)CC1CCC1. The molecule has 2 rings (SSSR count). The van der Waals surface area contributed by atoms with Crippen LogP contribution in [0, 0.1) is 5.92 Å². The Morgan fingerprint density at radius 1 is 1.21 bits per heavy atom. The van der Waals surface area contributed by atoms with Gasteiger partial charge in [0.05, 0.1) is 7.11 Å². The van der Waals surface area contributed by atoms with Crippen molar-refractivity contribution in [2.45, 2.75) is 45.1 Å². The highest BCUT2D eigenvalue weighted by Crippen LogP contribution is 2.27. The van der Waals surface area contributed by atoms with Crippen molar-refractivity contribution in [3.05, 3.63) is 35.9 Å². The number of nitrogens with one attached hydrogen (secondary N) is 1. The second-order valence-corrected chi connectivity index (χ2v) is 6.43. The molecule has 1 aliphatic carbocycles. The number of amides is 2. The molecular weight excluding hydrogens is 304 g/mol. The number of ether oxygens (including phenoxy) is 1. The van der Waals surface area contributed by atoms with E-state index in [2.05, 4.69) is 22.2 Å². The van der Waals surface area contributed by atoms with Crippen LogP contribution in [0.25, 0.3) is 0 Å². The van der Waals surface area contributed by atoms with Crippen LogP contribution in [0.5, 0.6) is 0 Å². The first-order valence-electron chi connectivity index (χ1n) is 8.82. The third kappa shape index (κ3) is 6.22. The first-order valence-corrected chi connectivity index (χ1v) is 8.82. The van der Waals surface area contributed by atoms with Gasteiger partial charge < -0.3 is 15.0 Å². The molecule has 0 spiro atoms. The Hall–Kier alpha value is -2.04. The summed E-state index contributed by atoms with van der Waals surface area (Å²) in [5, 5.41) is 2.98. The molecule has 24 heavy (non-hydrogen) atoms. The lowest BCUT2D eigenvalue weighted by Gasteiger charge is -2.32. The summed E-state index contributed by atoms with van der Waals surface area (Å²) in [6.07, 6.45) is 5.63. The maximum absolute atomic E-state index is 12.5. The van der Waals surface area contributed by atoms with Gasteiger partial charge in [-0.3, -0.25) is 4.79 Å². The minimum atomic E-state index is -0.197. The molecule has 5 nitrogen and oxygen atoms in total. The Morgan fingerprint density at radius 3 is 2.58 bits per heavy atom. The van der Waals surface area contributed by atoms with Gasteiger partial charge in [0.25, 0.3) is 0 Å². The molecule has 0 aliphatic heterocycles. The van der Waals surface area contributed by atoms with Gasteiger partial charge in [-0.15, -0.1) is 0 Å². The van der Waals surface area contributed by atoms with Gasteiger partial charge in [-0.2, -0.15) is 0 Å². The van der Waals surface area contributed by atoms with E-state index in [1.807, 2.05) is 23.1 Å². The van der Waals surface area contributed by atoms with Gasteiger partial charge in [-0.05, 0) is 37.2 Å². The topological polar surface area (TPSA) is 58.6 Å². The molecule has 1 saturated carbocycles. The monoisotopic (exact) mass is 332 g/mol. The molecule has 0 heterocycles. The highest BCUT2D eigenvalue weighted by molar-refractivity contribution is 5.74. The zero-order valence-electron chi connectivity index (χ0n) is 14.5. The van der Waals surface area contributed by atoms with Crippen LogP contribution in [0.4, 0.5) is 4.79 Å². The van der Waals surface area contributed by atoms with E-state index < -0.39 is 0 Å². The van der Waals surface area contributed by atoms with Crippen molar-refractivity contribution >= 4 is 12.0 Å². The Labute approximate surface area is 144 Å². The van der Waals surface area contributed by atoms with E-state index in [4.69, 9.17) is 0 Å². The predicted molar refractivity (Wildman–Crippen MR) is 93.5 cm³/mol. The van der Waals surface area contributed by atoms with E-state index in [1.165, 1.54) is 26.4 Å². The highest BCUT2D eigenvalue weighted by Gasteiger charge is 2.23. The molecule has 0 saturated heterocycles. The maximum Gasteiger partial charge on any atom is 0.317 e. The number of carbonyl (C=O) groups is 2. The van der Waals surface area contributed by atoms with Gasteiger partial charge in [0.2, 0.25) is 0 Å². The summed E-state index contributed by atoms with van der Waals surface area (Å²) in [7, 11) is 1.39. The third-order valence-electron chi connectivity index (χ3n) is 4.52. The molecule has 0 radical (unpaired) electrons. The van der Waals surface area contributed by atoms with Crippen LogP contribution < -0.4 is 5.32 Å². The lowest BCUT2D eigenvalue weighted by atomic mass is 9.85. The van der Waals surface area contributed by atoms with E-state index in [1.54, 1.807) is 0 Å². The van der Waals surface area contributed by atoms with E-state index >= 15 is 0 Å².